The third-order valence-electron chi connectivity index (χ3n) is 4.27. The first kappa shape index (κ1) is 15.0. The van der Waals surface area contributed by atoms with Crippen LogP contribution >= 0.6 is 0 Å². The maximum absolute atomic E-state index is 12.5. The van der Waals surface area contributed by atoms with Crippen molar-refractivity contribution in [3.8, 4) is 0 Å². The van der Waals surface area contributed by atoms with Crippen LogP contribution in [0.15, 0.2) is 18.2 Å². The predicted octanol–water partition coefficient (Wildman–Crippen LogP) is 3.66. The molecule has 0 bridgehead atoms. The van der Waals surface area contributed by atoms with Crippen LogP contribution in [0, 0.1) is 12.8 Å². The molecule has 0 aromatic heterocycles. The quantitative estimate of drug-likeness (QED) is 0.860. The summed E-state index contributed by atoms with van der Waals surface area (Å²) in [5.41, 5.74) is 2.48. The maximum Gasteiger partial charge on any atom is 0.256 e. The number of fused-ring (bicyclic) bond motifs is 1. The molecule has 0 saturated carbocycles. The number of nitrogens with zero attached hydrogens (tertiary/aromatic N) is 1. The largest absolute Gasteiger partial charge is 0.369 e. The van der Waals surface area contributed by atoms with Gasteiger partial charge in [-0.25, -0.2) is 0 Å². The molecule has 1 aromatic carbocycles. The molecular formula is C17H25NO2. The maximum atomic E-state index is 12.5. The van der Waals surface area contributed by atoms with Crippen molar-refractivity contribution in [2.45, 2.75) is 52.7 Å². The lowest BCUT2D eigenvalue weighted by molar-refractivity contribution is 0.00968. The molecule has 1 aliphatic heterocycles. The third-order valence-corrected chi connectivity index (χ3v) is 4.27. The zero-order valence-electron chi connectivity index (χ0n) is 12.7. The summed E-state index contributed by atoms with van der Waals surface area (Å²) in [7, 11) is 0. The number of benzene rings is 1. The average molecular weight is 275 g/mol. The van der Waals surface area contributed by atoms with Gasteiger partial charge in [-0.05, 0) is 25.3 Å². The average Bonchev–Trinajstić information content (AvgIpc) is 2.67. The van der Waals surface area contributed by atoms with Crippen molar-refractivity contribution < 1.29 is 9.90 Å². The van der Waals surface area contributed by atoms with Gasteiger partial charge in [-0.1, -0.05) is 50.8 Å². The minimum absolute atomic E-state index is 0.0221. The molecule has 20 heavy (non-hydrogen) atoms. The Morgan fingerprint density at radius 2 is 2.10 bits per heavy atom. The summed E-state index contributed by atoms with van der Waals surface area (Å²) in [5.74, 6) is 0.454. The monoisotopic (exact) mass is 275 g/mol. The van der Waals surface area contributed by atoms with Gasteiger partial charge < -0.3 is 10.0 Å². The number of aliphatic hydroxyl groups excluding tert-OH is 1. The van der Waals surface area contributed by atoms with E-state index in [0.717, 1.165) is 24.0 Å². The fraction of sp³-hybridized carbons (Fsp3) is 0.588. The number of carbonyl (C=O) groups is 1. The molecule has 2 rings (SSSR count). The molecule has 0 fully saturated rings. The smallest absolute Gasteiger partial charge is 0.256 e. The first-order chi connectivity index (χ1) is 9.58. The number of rotatable bonds is 6. The Labute approximate surface area is 121 Å². The van der Waals surface area contributed by atoms with Gasteiger partial charge in [0.2, 0.25) is 0 Å². The van der Waals surface area contributed by atoms with Crippen LogP contribution in [0.25, 0.3) is 0 Å². The highest BCUT2D eigenvalue weighted by molar-refractivity contribution is 5.99. The number of aliphatic hydroxyl groups is 1. The molecule has 0 radical (unpaired) electrons. The Kier molecular flexibility index (Phi) is 4.81. The zero-order chi connectivity index (χ0) is 14.7. The van der Waals surface area contributed by atoms with Crippen LogP contribution in [0.5, 0.6) is 0 Å². The van der Waals surface area contributed by atoms with Crippen LogP contribution in [0.4, 0.5) is 0 Å². The molecule has 1 N–H and O–H groups in total. The first-order valence-corrected chi connectivity index (χ1v) is 7.68. The molecule has 0 spiro atoms. The lowest BCUT2D eigenvalue weighted by atomic mass is 9.99. The molecule has 3 heteroatoms. The second kappa shape index (κ2) is 6.40. The summed E-state index contributed by atoms with van der Waals surface area (Å²) >= 11 is 0. The van der Waals surface area contributed by atoms with Gasteiger partial charge in [0.25, 0.3) is 5.91 Å². The number of amides is 1. The molecule has 0 aliphatic carbocycles. The van der Waals surface area contributed by atoms with E-state index in [4.69, 9.17) is 0 Å². The minimum Gasteiger partial charge on any atom is -0.369 e. The number of carbonyl (C=O) groups excluding carboxylic acids is 1. The SMILES string of the molecule is CCCCC(CC)CN1C(=O)c2cc(C)ccc2C1O. The van der Waals surface area contributed by atoms with Crippen molar-refractivity contribution in [1.29, 1.82) is 0 Å². The van der Waals surface area contributed by atoms with Crippen LogP contribution < -0.4 is 0 Å². The van der Waals surface area contributed by atoms with Gasteiger partial charge in [0, 0.05) is 17.7 Å². The van der Waals surface area contributed by atoms with Gasteiger partial charge in [-0.15, -0.1) is 0 Å². The Morgan fingerprint density at radius 1 is 1.35 bits per heavy atom. The van der Waals surface area contributed by atoms with Crippen LogP contribution in [0.2, 0.25) is 0 Å². The van der Waals surface area contributed by atoms with Gasteiger partial charge in [0.05, 0.1) is 0 Å². The van der Waals surface area contributed by atoms with E-state index >= 15 is 0 Å². The molecule has 1 amide bonds. The second-order valence-corrected chi connectivity index (χ2v) is 5.84. The summed E-state index contributed by atoms with van der Waals surface area (Å²) in [6.45, 7) is 6.97. The van der Waals surface area contributed by atoms with Gasteiger partial charge in [0.15, 0.2) is 6.23 Å². The molecule has 1 aromatic rings. The van der Waals surface area contributed by atoms with Crippen molar-refractivity contribution in [1.82, 2.24) is 4.90 Å². The Hall–Kier alpha value is -1.35. The van der Waals surface area contributed by atoms with E-state index in [2.05, 4.69) is 13.8 Å². The van der Waals surface area contributed by atoms with E-state index in [1.807, 2.05) is 25.1 Å². The highest BCUT2D eigenvalue weighted by atomic mass is 16.3. The Morgan fingerprint density at radius 3 is 2.75 bits per heavy atom. The molecule has 1 heterocycles. The summed E-state index contributed by atoms with van der Waals surface area (Å²) in [6.07, 6.45) is 3.76. The normalized spacial score (nSPS) is 19.3. The van der Waals surface area contributed by atoms with Crippen molar-refractivity contribution >= 4 is 5.91 Å². The van der Waals surface area contributed by atoms with Gasteiger partial charge in [-0.3, -0.25) is 4.79 Å². The summed E-state index contributed by atoms with van der Waals surface area (Å²) in [5, 5.41) is 10.4. The van der Waals surface area contributed by atoms with E-state index in [0.29, 0.717) is 18.0 Å². The predicted molar refractivity (Wildman–Crippen MR) is 80.5 cm³/mol. The second-order valence-electron chi connectivity index (χ2n) is 5.84. The van der Waals surface area contributed by atoms with Crippen LogP contribution in [0.3, 0.4) is 0 Å². The van der Waals surface area contributed by atoms with Gasteiger partial charge in [-0.2, -0.15) is 0 Å². The van der Waals surface area contributed by atoms with E-state index in [-0.39, 0.29) is 5.91 Å². The van der Waals surface area contributed by atoms with Crippen LogP contribution in [-0.4, -0.2) is 22.5 Å². The molecule has 2 unspecified atom stereocenters. The molecule has 0 saturated heterocycles. The van der Waals surface area contributed by atoms with E-state index in [1.165, 1.54) is 12.8 Å². The van der Waals surface area contributed by atoms with Gasteiger partial charge in [0.1, 0.15) is 0 Å². The van der Waals surface area contributed by atoms with Crippen molar-refractivity contribution in [3.05, 3.63) is 34.9 Å². The third kappa shape index (κ3) is 2.88. The lowest BCUT2D eigenvalue weighted by Gasteiger charge is -2.26. The number of hydrogen-bond acceptors (Lipinski definition) is 2. The summed E-state index contributed by atoms with van der Waals surface area (Å²) in [4.78, 5) is 14.1. The first-order valence-electron chi connectivity index (χ1n) is 7.68. The molecule has 1 aliphatic rings. The van der Waals surface area contributed by atoms with E-state index in [9.17, 15) is 9.90 Å². The summed E-state index contributed by atoms with van der Waals surface area (Å²) < 4.78 is 0. The Balaban J connectivity index is 2.13. The fourth-order valence-corrected chi connectivity index (χ4v) is 2.89. The molecule has 3 nitrogen and oxygen atoms in total. The molecule has 110 valence electrons. The highest BCUT2D eigenvalue weighted by Gasteiger charge is 2.36. The highest BCUT2D eigenvalue weighted by Crippen LogP contribution is 2.33. The van der Waals surface area contributed by atoms with Crippen molar-refractivity contribution in [2.75, 3.05) is 6.54 Å². The molecule has 2 atom stereocenters. The van der Waals surface area contributed by atoms with Crippen molar-refractivity contribution in [3.63, 3.8) is 0 Å². The van der Waals surface area contributed by atoms with Crippen molar-refractivity contribution in [2.24, 2.45) is 5.92 Å². The minimum atomic E-state index is -0.770. The lowest BCUT2D eigenvalue weighted by Crippen LogP contribution is -2.33. The van der Waals surface area contributed by atoms with Crippen LogP contribution in [0.1, 0.15) is 67.2 Å². The number of unbranched alkanes of at least 4 members (excludes halogenated alkanes) is 1. The zero-order valence-corrected chi connectivity index (χ0v) is 12.7. The van der Waals surface area contributed by atoms with E-state index in [1.54, 1.807) is 4.90 Å². The standard InChI is InChI=1S/C17H25NO2/c1-4-6-7-13(5-2)11-18-16(19)14-9-8-12(3)10-15(14)17(18)20/h8-10,13,16,19H,4-7,11H2,1-3H3. The Bertz CT molecular complexity index is 484. The number of aryl methyl sites for hydroxylation is 1. The van der Waals surface area contributed by atoms with Crippen LogP contribution in [-0.2, 0) is 0 Å². The summed E-state index contributed by atoms with van der Waals surface area (Å²) in [6, 6.07) is 5.71. The topological polar surface area (TPSA) is 40.5 Å². The molecular weight excluding hydrogens is 250 g/mol. The van der Waals surface area contributed by atoms with Gasteiger partial charge >= 0.3 is 0 Å². The van der Waals surface area contributed by atoms with E-state index < -0.39 is 6.23 Å². The number of hydrogen-bond donors (Lipinski definition) is 1. The fourth-order valence-electron chi connectivity index (χ4n) is 2.89.